The highest BCUT2D eigenvalue weighted by Gasteiger charge is 2.24. The van der Waals surface area contributed by atoms with Crippen molar-refractivity contribution in [3.8, 4) is 29.9 Å². The van der Waals surface area contributed by atoms with E-state index in [1.807, 2.05) is 6.07 Å². The van der Waals surface area contributed by atoms with Crippen LogP contribution < -0.4 is 14.8 Å². The lowest BCUT2D eigenvalue weighted by Gasteiger charge is -2.29. The van der Waals surface area contributed by atoms with Crippen molar-refractivity contribution in [1.82, 2.24) is 5.32 Å². The Bertz CT molecular complexity index is 805. The van der Waals surface area contributed by atoms with Gasteiger partial charge in [-0.1, -0.05) is 25.7 Å². The van der Waals surface area contributed by atoms with Gasteiger partial charge in [-0.3, -0.25) is 4.79 Å². The quantitative estimate of drug-likeness (QED) is 0.419. The van der Waals surface area contributed by atoms with E-state index in [1.165, 1.54) is 13.5 Å². The average Bonchev–Trinajstić information content (AvgIpc) is 2.66. The summed E-state index contributed by atoms with van der Waals surface area (Å²) in [6.45, 7) is 2.24. The number of carbonyl (C=O) groups is 1. The molecule has 0 aromatic heterocycles. The molecule has 0 bridgehead atoms. The Balaban J connectivity index is 2.23. The predicted molar refractivity (Wildman–Crippen MR) is 108 cm³/mol. The van der Waals surface area contributed by atoms with Gasteiger partial charge in [0.15, 0.2) is 11.5 Å². The van der Waals surface area contributed by atoms with Crippen LogP contribution in [0.5, 0.6) is 11.5 Å². The van der Waals surface area contributed by atoms with Crippen LogP contribution >= 0.6 is 15.9 Å². The van der Waals surface area contributed by atoms with E-state index >= 15 is 0 Å². The summed E-state index contributed by atoms with van der Waals surface area (Å²) in [5.74, 6) is 3.41. The summed E-state index contributed by atoms with van der Waals surface area (Å²) in [4.78, 5) is 12.5. The van der Waals surface area contributed by atoms with Crippen LogP contribution in [0.25, 0.3) is 6.08 Å². The molecule has 0 radical (unpaired) electrons. The minimum atomic E-state index is -0.348. The lowest BCUT2D eigenvalue weighted by molar-refractivity contribution is -0.118. The number of rotatable bonds is 6. The SMILES string of the molecule is C#CCOc1c(Br)cc(/C=C(\C#N)C(=O)N[C@H]2CCCC[C@@H]2C)cc1OC. The Morgan fingerprint density at radius 1 is 1.44 bits per heavy atom. The van der Waals surface area contributed by atoms with Crippen molar-refractivity contribution in [2.45, 2.75) is 38.6 Å². The van der Waals surface area contributed by atoms with E-state index in [9.17, 15) is 10.1 Å². The molecule has 0 aliphatic heterocycles. The molecule has 0 saturated heterocycles. The van der Waals surface area contributed by atoms with Crippen LogP contribution in [-0.4, -0.2) is 25.7 Å². The minimum absolute atomic E-state index is 0.0546. The predicted octanol–water partition coefficient (Wildman–Crippen LogP) is 4.07. The third-order valence-corrected chi connectivity index (χ3v) is 5.24. The molecule has 1 saturated carbocycles. The zero-order chi connectivity index (χ0) is 19.8. The van der Waals surface area contributed by atoms with E-state index in [-0.39, 0.29) is 24.1 Å². The second kappa shape index (κ2) is 10.0. The first kappa shape index (κ1) is 20.9. The molecule has 0 heterocycles. The van der Waals surface area contributed by atoms with Crippen molar-refractivity contribution < 1.29 is 14.3 Å². The van der Waals surface area contributed by atoms with E-state index in [2.05, 4.69) is 34.1 Å². The van der Waals surface area contributed by atoms with Gasteiger partial charge in [0, 0.05) is 6.04 Å². The molecule has 2 rings (SSSR count). The van der Waals surface area contributed by atoms with E-state index in [1.54, 1.807) is 18.2 Å². The van der Waals surface area contributed by atoms with Gasteiger partial charge in [0.05, 0.1) is 11.6 Å². The fourth-order valence-corrected chi connectivity index (χ4v) is 3.74. The third-order valence-electron chi connectivity index (χ3n) is 4.66. The molecule has 1 aromatic rings. The Labute approximate surface area is 168 Å². The van der Waals surface area contributed by atoms with Crippen LogP contribution in [0.3, 0.4) is 0 Å². The molecule has 1 aliphatic carbocycles. The number of terminal acetylenes is 1. The summed E-state index contributed by atoms with van der Waals surface area (Å²) in [5.41, 5.74) is 0.703. The molecule has 1 aliphatic rings. The lowest BCUT2D eigenvalue weighted by Crippen LogP contribution is -2.41. The molecular weight excluding hydrogens is 408 g/mol. The van der Waals surface area contributed by atoms with E-state index < -0.39 is 0 Å². The molecule has 5 nitrogen and oxygen atoms in total. The number of benzene rings is 1. The monoisotopic (exact) mass is 430 g/mol. The zero-order valence-corrected chi connectivity index (χ0v) is 17.1. The van der Waals surface area contributed by atoms with Crippen molar-refractivity contribution in [2.24, 2.45) is 5.92 Å². The van der Waals surface area contributed by atoms with Gasteiger partial charge in [0.25, 0.3) is 5.91 Å². The van der Waals surface area contributed by atoms with Crippen LogP contribution in [0.15, 0.2) is 22.2 Å². The molecule has 0 spiro atoms. The third kappa shape index (κ3) is 5.52. The molecule has 27 heavy (non-hydrogen) atoms. The number of nitrogens with zero attached hydrogens (tertiary/aromatic N) is 1. The molecule has 1 aromatic carbocycles. The zero-order valence-electron chi connectivity index (χ0n) is 15.5. The van der Waals surface area contributed by atoms with Gasteiger partial charge in [0.2, 0.25) is 0 Å². The summed E-state index contributed by atoms with van der Waals surface area (Å²) in [6.07, 6.45) is 11.1. The topological polar surface area (TPSA) is 71.3 Å². The first-order chi connectivity index (χ1) is 13.0. The number of hydrogen-bond donors (Lipinski definition) is 1. The summed E-state index contributed by atoms with van der Waals surface area (Å²) < 4.78 is 11.4. The maximum atomic E-state index is 12.5. The van der Waals surface area contributed by atoms with Crippen LogP contribution in [0.1, 0.15) is 38.2 Å². The number of carbonyl (C=O) groups excluding carboxylic acids is 1. The molecular formula is C21H23BrN2O3. The summed E-state index contributed by atoms with van der Waals surface area (Å²) >= 11 is 3.42. The number of nitrogens with one attached hydrogen (secondary N) is 1. The van der Waals surface area contributed by atoms with E-state index in [4.69, 9.17) is 15.9 Å². The number of ether oxygens (including phenoxy) is 2. The van der Waals surface area contributed by atoms with Gasteiger partial charge in [0.1, 0.15) is 18.2 Å². The molecule has 142 valence electrons. The molecule has 1 N–H and O–H groups in total. The normalized spacial score (nSPS) is 19.5. The number of halogens is 1. The van der Waals surface area contributed by atoms with Crippen molar-refractivity contribution in [1.29, 1.82) is 5.26 Å². The Morgan fingerprint density at radius 2 is 2.19 bits per heavy atom. The van der Waals surface area contributed by atoms with Gasteiger partial charge in [-0.25, -0.2) is 0 Å². The number of nitriles is 1. The van der Waals surface area contributed by atoms with Crippen molar-refractivity contribution in [2.75, 3.05) is 13.7 Å². The van der Waals surface area contributed by atoms with Gasteiger partial charge in [-0.2, -0.15) is 5.26 Å². The van der Waals surface area contributed by atoms with Crippen LogP contribution in [0.4, 0.5) is 0 Å². The van der Waals surface area contributed by atoms with Crippen molar-refractivity contribution in [3.05, 3.63) is 27.7 Å². The van der Waals surface area contributed by atoms with E-state index in [0.717, 1.165) is 19.3 Å². The first-order valence-corrected chi connectivity index (χ1v) is 9.66. The standard InChI is InChI=1S/C21H23BrN2O3/c1-4-9-27-20-17(22)11-15(12-19(20)26-3)10-16(13-23)21(25)24-18-8-6-5-7-14(18)2/h1,10-12,14,18H,5-9H2,2-3H3,(H,24,25)/b16-10+/t14-,18-/m0/s1. The average molecular weight is 431 g/mol. The highest BCUT2D eigenvalue weighted by atomic mass is 79.9. The minimum Gasteiger partial charge on any atom is -0.493 e. The second-order valence-electron chi connectivity index (χ2n) is 6.54. The Morgan fingerprint density at radius 3 is 2.81 bits per heavy atom. The lowest BCUT2D eigenvalue weighted by atomic mass is 9.86. The number of hydrogen-bond acceptors (Lipinski definition) is 4. The molecule has 1 amide bonds. The highest BCUT2D eigenvalue weighted by molar-refractivity contribution is 9.10. The molecule has 0 unspecified atom stereocenters. The molecule has 6 heteroatoms. The van der Waals surface area contributed by atoms with E-state index in [0.29, 0.717) is 27.5 Å². The number of methoxy groups -OCH3 is 1. The number of amides is 1. The van der Waals surface area contributed by atoms with Gasteiger partial charge < -0.3 is 14.8 Å². The molecule has 1 fully saturated rings. The van der Waals surface area contributed by atoms with Gasteiger partial charge >= 0.3 is 0 Å². The maximum Gasteiger partial charge on any atom is 0.262 e. The Hall–Kier alpha value is -2.44. The van der Waals surface area contributed by atoms with Crippen molar-refractivity contribution in [3.63, 3.8) is 0 Å². The Kier molecular flexibility index (Phi) is 7.76. The summed E-state index contributed by atoms with van der Waals surface area (Å²) in [6, 6.07) is 5.56. The van der Waals surface area contributed by atoms with Crippen LogP contribution in [0.2, 0.25) is 0 Å². The molecule has 2 atom stereocenters. The fourth-order valence-electron chi connectivity index (χ4n) is 3.17. The van der Waals surface area contributed by atoms with Gasteiger partial charge in [-0.15, -0.1) is 6.42 Å². The van der Waals surface area contributed by atoms with Crippen LogP contribution in [0, 0.1) is 29.6 Å². The highest BCUT2D eigenvalue weighted by Crippen LogP contribution is 2.37. The smallest absolute Gasteiger partial charge is 0.262 e. The van der Waals surface area contributed by atoms with Crippen LogP contribution in [-0.2, 0) is 4.79 Å². The van der Waals surface area contributed by atoms with Gasteiger partial charge in [-0.05, 0) is 58.5 Å². The largest absolute Gasteiger partial charge is 0.493 e. The second-order valence-corrected chi connectivity index (χ2v) is 7.39. The first-order valence-electron chi connectivity index (χ1n) is 8.86. The fraction of sp³-hybridized carbons (Fsp3) is 0.429. The van der Waals surface area contributed by atoms with Crippen molar-refractivity contribution >= 4 is 27.9 Å². The summed E-state index contributed by atoms with van der Waals surface area (Å²) in [5, 5.41) is 12.5. The maximum absolute atomic E-state index is 12.5. The summed E-state index contributed by atoms with van der Waals surface area (Å²) in [7, 11) is 1.51.